The van der Waals surface area contributed by atoms with E-state index in [-0.39, 0.29) is 6.61 Å². The summed E-state index contributed by atoms with van der Waals surface area (Å²) >= 11 is 8.25. The number of piperazine rings is 1. The Morgan fingerprint density at radius 2 is 1.89 bits per heavy atom. The molecule has 0 bridgehead atoms. The maximum absolute atomic E-state index is 9.33. The van der Waals surface area contributed by atoms with Crippen LogP contribution in [0, 0.1) is 5.92 Å². The van der Waals surface area contributed by atoms with Gasteiger partial charge in [-0.05, 0) is 47.7 Å². The Balaban J connectivity index is 1.58. The Labute approximate surface area is 171 Å². The molecule has 1 N–H and O–H groups in total. The van der Waals surface area contributed by atoms with Gasteiger partial charge in [0.25, 0.3) is 0 Å². The summed E-state index contributed by atoms with van der Waals surface area (Å²) in [7, 11) is 0. The molecule has 2 heterocycles. The molecule has 2 unspecified atom stereocenters. The fraction of sp³-hybridized carbons (Fsp3) is 0.455. The van der Waals surface area contributed by atoms with Gasteiger partial charge in [0.1, 0.15) is 0 Å². The van der Waals surface area contributed by atoms with Crippen LogP contribution in [0.25, 0.3) is 0 Å². The molecule has 144 valence electrons. The van der Waals surface area contributed by atoms with E-state index in [4.69, 9.17) is 11.6 Å². The molecule has 5 heteroatoms. The van der Waals surface area contributed by atoms with E-state index < -0.39 is 0 Å². The van der Waals surface area contributed by atoms with E-state index in [0.717, 1.165) is 44.2 Å². The van der Waals surface area contributed by atoms with Gasteiger partial charge < -0.3 is 10.0 Å². The third kappa shape index (κ3) is 4.36. The molecule has 2 atom stereocenters. The summed E-state index contributed by atoms with van der Waals surface area (Å²) < 4.78 is 0. The van der Waals surface area contributed by atoms with Crippen LogP contribution in [-0.4, -0.2) is 54.2 Å². The summed E-state index contributed by atoms with van der Waals surface area (Å²) in [5.74, 6) is 0.345. The number of aliphatic hydroxyl groups is 1. The average Bonchev–Trinajstić information content (AvgIpc) is 2.85. The highest BCUT2D eigenvalue weighted by Gasteiger charge is 2.30. The lowest BCUT2D eigenvalue weighted by Gasteiger charge is -2.40. The predicted octanol–water partition coefficient (Wildman–Crippen LogP) is 4.33. The summed E-state index contributed by atoms with van der Waals surface area (Å²) in [5.41, 5.74) is 2.79. The summed E-state index contributed by atoms with van der Waals surface area (Å²) in [6, 6.07) is 15.5. The molecule has 1 fully saturated rings. The number of fused-ring (bicyclic) bond motifs is 2. The van der Waals surface area contributed by atoms with Gasteiger partial charge in [-0.15, -0.1) is 0 Å². The number of hydrogen-bond acceptors (Lipinski definition) is 4. The molecule has 1 saturated heterocycles. The van der Waals surface area contributed by atoms with Gasteiger partial charge in [0.05, 0.1) is 0 Å². The standard InChI is InChI=1S/C22H27ClN2OS/c1-16(15-26)14-24-8-10-25(11-9-24)20-12-17-4-2-3-5-21(17)27-22-7-6-18(23)13-19(20)22/h2-7,13,16,20,26H,8-12,14-15H2,1H3. The molecule has 3 nitrogen and oxygen atoms in total. The molecule has 0 aromatic heterocycles. The third-order valence-corrected chi connectivity index (χ3v) is 7.11. The maximum atomic E-state index is 9.33. The van der Waals surface area contributed by atoms with Crippen LogP contribution in [0.3, 0.4) is 0 Å². The van der Waals surface area contributed by atoms with Crippen molar-refractivity contribution in [1.82, 2.24) is 9.80 Å². The number of rotatable bonds is 4. The van der Waals surface area contributed by atoms with Crippen LogP contribution in [0.5, 0.6) is 0 Å². The maximum Gasteiger partial charge on any atom is 0.0468 e. The van der Waals surface area contributed by atoms with E-state index in [1.165, 1.54) is 20.9 Å². The van der Waals surface area contributed by atoms with Crippen LogP contribution in [-0.2, 0) is 6.42 Å². The SMILES string of the molecule is CC(CO)CN1CCN(C2Cc3ccccc3Sc3ccc(Cl)cc32)CC1. The van der Waals surface area contributed by atoms with Gasteiger partial charge in [-0.3, -0.25) is 4.90 Å². The Bertz CT molecular complexity index is 792. The van der Waals surface area contributed by atoms with E-state index >= 15 is 0 Å². The number of aliphatic hydroxyl groups excluding tert-OH is 1. The predicted molar refractivity (Wildman–Crippen MR) is 113 cm³/mol. The molecule has 2 aromatic carbocycles. The molecule has 0 aliphatic carbocycles. The zero-order valence-corrected chi connectivity index (χ0v) is 17.3. The largest absolute Gasteiger partial charge is 0.396 e. The van der Waals surface area contributed by atoms with Gasteiger partial charge in [0, 0.05) is 60.2 Å². The summed E-state index contributed by atoms with van der Waals surface area (Å²) in [4.78, 5) is 7.79. The first-order chi connectivity index (χ1) is 13.1. The minimum atomic E-state index is 0.267. The van der Waals surface area contributed by atoms with Crippen molar-refractivity contribution in [2.24, 2.45) is 5.92 Å². The van der Waals surface area contributed by atoms with Crippen molar-refractivity contribution in [3.05, 3.63) is 58.6 Å². The van der Waals surface area contributed by atoms with E-state index in [2.05, 4.69) is 53.1 Å². The Morgan fingerprint density at radius 3 is 2.67 bits per heavy atom. The fourth-order valence-corrected chi connectivity index (χ4v) is 5.46. The molecule has 2 aromatic rings. The molecule has 4 rings (SSSR count). The Kier molecular flexibility index (Phi) is 6.10. The second-order valence-electron chi connectivity index (χ2n) is 7.74. The van der Waals surface area contributed by atoms with E-state index in [1.54, 1.807) is 0 Å². The van der Waals surface area contributed by atoms with E-state index in [9.17, 15) is 5.11 Å². The average molecular weight is 403 g/mol. The topological polar surface area (TPSA) is 26.7 Å². The number of hydrogen-bond donors (Lipinski definition) is 1. The number of halogens is 1. The highest BCUT2D eigenvalue weighted by molar-refractivity contribution is 7.99. The second kappa shape index (κ2) is 8.54. The summed E-state index contributed by atoms with van der Waals surface area (Å²) in [6.07, 6.45) is 1.03. The van der Waals surface area contributed by atoms with Gasteiger partial charge in [-0.2, -0.15) is 0 Å². The van der Waals surface area contributed by atoms with Gasteiger partial charge >= 0.3 is 0 Å². The smallest absolute Gasteiger partial charge is 0.0468 e. The minimum Gasteiger partial charge on any atom is -0.396 e. The van der Waals surface area contributed by atoms with Crippen LogP contribution < -0.4 is 0 Å². The number of nitrogens with zero attached hydrogens (tertiary/aromatic N) is 2. The van der Waals surface area contributed by atoms with E-state index in [0.29, 0.717) is 12.0 Å². The zero-order valence-electron chi connectivity index (χ0n) is 15.8. The van der Waals surface area contributed by atoms with Gasteiger partial charge in [0.2, 0.25) is 0 Å². The molecule has 27 heavy (non-hydrogen) atoms. The quantitative estimate of drug-likeness (QED) is 0.823. The van der Waals surface area contributed by atoms with Gasteiger partial charge in [0.15, 0.2) is 0 Å². The van der Waals surface area contributed by atoms with Crippen LogP contribution in [0.4, 0.5) is 0 Å². The zero-order chi connectivity index (χ0) is 18.8. The lowest BCUT2D eigenvalue weighted by Crippen LogP contribution is -2.49. The summed E-state index contributed by atoms with van der Waals surface area (Å²) in [6.45, 7) is 7.60. The van der Waals surface area contributed by atoms with Crippen LogP contribution in [0.1, 0.15) is 24.1 Å². The molecule has 0 amide bonds. The van der Waals surface area contributed by atoms with Crippen molar-refractivity contribution < 1.29 is 5.11 Å². The lowest BCUT2D eigenvalue weighted by atomic mass is 9.96. The first kappa shape index (κ1) is 19.3. The van der Waals surface area contributed by atoms with Crippen molar-refractivity contribution in [3.8, 4) is 0 Å². The van der Waals surface area contributed by atoms with Gasteiger partial charge in [-0.25, -0.2) is 0 Å². The normalized spacial score (nSPS) is 22.0. The molecule has 2 aliphatic rings. The Hall–Kier alpha value is -1.04. The third-order valence-electron chi connectivity index (χ3n) is 5.67. The van der Waals surface area contributed by atoms with E-state index in [1.807, 2.05) is 17.8 Å². The van der Waals surface area contributed by atoms with Crippen LogP contribution in [0.2, 0.25) is 5.02 Å². The first-order valence-corrected chi connectivity index (χ1v) is 11.0. The second-order valence-corrected chi connectivity index (χ2v) is 9.26. The molecular weight excluding hydrogens is 376 g/mol. The number of benzene rings is 2. The van der Waals surface area contributed by atoms with Crippen molar-refractivity contribution in [2.45, 2.75) is 29.2 Å². The highest BCUT2D eigenvalue weighted by Crippen LogP contribution is 2.43. The highest BCUT2D eigenvalue weighted by atomic mass is 35.5. The van der Waals surface area contributed by atoms with Crippen molar-refractivity contribution >= 4 is 23.4 Å². The fourth-order valence-electron chi connectivity index (χ4n) is 4.16. The Morgan fingerprint density at radius 1 is 1.11 bits per heavy atom. The first-order valence-electron chi connectivity index (χ1n) is 9.76. The van der Waals surface area contributed by atoms with Crippen molar-refractivity contribution in [1.29, 1.82) is 0 Å². The molecule has 0 radical (unpaired) electrons. The van der Waals surface area contributed by atoms with Crippen molar-refractivity contribution in [2.75, 3.05) is 39.3 Å². The van der Waals surface area contributed by atoms with Gasteiger partial charge in [-0.1, -0.05) is 48.5 Å². The monoisotopic (exact) mass is 402 g/mol. The summed E-state index contributed by atoms with van der Waals surface area (Å²) in [5, 5.41) is 10.1. The van der Waals surface area contributed by atoms with Crippen molar-refractivity contribution in [3.63, 3.8) is 0 Å². The van der Waals surface area contributed by atoms with Crippen LogP contribution in [0.15, 0.2) is 52.3 Å². The lowest BCUT2D eigenvalue weighted by molar-refractivity contribution is 0.0775. The minimum absolute atomic E-state index is 0.267. The molecule has 0 spiro atoms. The molecular formula is C22H27ClN2OS. The molecule has 2 aliphatic heterocycles. The van der Waals surface area contributed by atoms with Crippen LogP contribution >= 0.6 is 23.4 Å². The molecule has 0 saturated carbocycles.